The molecular weight excluding hydrogens is 282 g/mol. The van der Waals surface area contributed by atoms with Gasteiger partial charge in [-0.05, 0) is 42.7 Å². The van der Waals surface area contributed by atoms with E-state index in [1.807, 2.05) is 18.2 Å². The van der Waals surface area contributed by atoms with Crippen molar-refractivity contribution in [3.63, 3.8) is 0 Å². The summed E-state index contributed by atoms with van der Waals surface area (Å²) in [6.45, 7) is 5.13. The van der Waals surface area contributed by atoms with Crippen LogP contribution in [0, 0.1) is 0 Å². The molecule has 0 aromatic heterocycles. The summed E-state index contributed by atoms with van der Waals surface area (Å²) in [6.07, 6.45) is 1.01. The van der Waals surface area contributed by atoms with Gasteiger partial charge in [-0.25, -0.2) is 0 Å². The first-order valence-electron chi connectivity index (χ1n) is 7.41. The maximum absolute atomic E-state index is 6.27. The number of halogens is 1. The van der Waals surface area contributed by atoms with Gasteiger partial charge in [0.25, 0.3) is 0 Å². The lowest BCUT2D eigenvalue weighted by atomic mass is 10.0. The maximum atomic E-state index is 6.27. The molecule has 0 amide bonds. The highest BCUT2D eigenvalue weighted by Crippen LogP contribution is 2.30. The third kappa shape index (κ3) is 3.07. The Morgan fingerprint density at radius 2 is 1.90 bits per heavy atom. The lowest BCUT2D eigenvalue weighted by Gasteiger charge is -2.22. The zero-order valence-electron chi connectivity index (χ0n) is 12.4. The largest absolute Gasteiger partial charge is 0.493 e. The van der Waals surface area contributed by atoms with Gasteiger partial charge >= 0.3 is 0 Å². The quantitative estimate of drug-likeness (QED) is 0.885. The fourth-order valence-electron chi connectivity index (χ4n) is 2.86. The molecule has 0 saturated carbocycles. The molecule has 110 valence electrons. The van der Waals surface area contributed by atoms with Crippen LogP contribution in [0.4, 0.5) is 0 Å². The second-order valence-corrected chi connectivity index (χ2v) is 6.00. The number of ether oxygens (including phenoxy) is 1. The van der Waals surface area contributed by atoms with Crippen LogP contribution in [0.3, 0.4) is 0 Å². The Labute approximate surface area is 131 Å². The Morgan fingerprint density at radius 3 is 2.71 bits per heavy atom. The first kappa shape index (κ1) is 14.4. The zero-order chi connectivity index (χ0) is 14.8. The van der Waals surface area contributed by atoms with E-state index in [-0.39, 0.29) is 12.1 Å². The van der Waals surface area contributed by atoms with Crippen molar-refractivity contribution in [2.45, 2.75) is 32.4 Å². The van der Waals surface area contributed by atoms with E-state index in [2.05, 4.69) is 43.4 Å². The Morgan fingerprint density at radius 1 is 1.10 bits per heavy atom. The van der Waals surface area contributed by atoms with E-state index in [1.54, 1.807) is 0 Å². The highest BCUT2D eigenvalue weighted by Gasteiger charge is 2.17. The molecule has 0 fully saturated rings. The summed E-state index contributed by atoms with van der Waals surface area (Å²) >= 11 is 6.27. The lowest BCUT2D eigenvalue weighted by molar-refractivity contribution is 0.356. The number of rotatable bonds is 4. The van der Waals surface area contributed by atoms with Crippen LogP contribution in [0.1, 0.15) is 42.6 Å². The normalized spacial score (nSPS) is 16.1. The summed E-state index contributed by atoms with van der Waals surface area (Å²) in [5.74, 6) is 1.03. The number of hydrogen-bond acceptors (Lipinski definition) is 2. The Balaban J connectivity index is 1.74. The van der Waals surface area contributed by atoms with Crippen molar-refractivity contribution in [1.82, 2.24) is 5.32 Å². The number of fused-ring (bicyclic) bond motifs is 1. The smallest absolute Gasteiger partial charge is 0.122 e. The third-order valence-corrected chi connectivity index (χ3v) is 4.43. The van der Waals surface area contributed by atoms with Gasteiger partial charge in [0.1, 0.15) is 5.75 Å². The molecule has 3 rings (SSSR count). The van der Waals surface area contributed by atoms with Crippen LogP contribution in [0.25, 0.3) is 0 Å². The van der Waals surface area contributed by atoms with Crippen LogP contribution in [0.5, 0.6) is 5.75 Å². The fourth-order valence-corrected chi connectivity index (χ4v) is 3.16. The third-order valence-electron chi connectivity index (χ3n) is 4.09. The molecule has 0 aliphatic carbocycles. The average Bonchev–Trinajstić information content (AvgIpc) is 2.94. The van der Waals surface area contributed by atoms with Gasteiger partial charge in [-0.15, -0.1) is 0 Å². The van der Waals surface area contributed by atoms with Crippen molar-refractivity contribution in [1.29, 1.82) is 0 Å². The van der Waals surface area contributed by atoms with E-state index in [0.29, 0.717) is 0 Å². The Kier molecular flexibility index (Phi) is 4.18. The molecule has 2 aromatic rings. The fraction of sp³-hybridized carbons (Fsp3) is 0.333. The second-order valence-electron chi connectivity index (χ2n) is 5.60. The molecule has 1 unspecified atom stereocenters. The summed E-state index contributed by atoms with van der Waals surface area (Å²) in [5.41, 5.74) is 3.74. The van der Waals surface area contributed by atoms with Gasteiger partial charge in [0.05, 0.1) is 6.61 Å². The summed E-state index contributed by atoms with van der Waals surface area (Å²) in [7, 11) is 0. The molecule has 0 bridgehead atoms. The minimum Gasteiger partial charge on any atom is -0.493 e. The molecule has 2 atom stereocenters. The van der Waals surface area contributed by atoms with Gasteiger partial charge in [-0.2, -0.15) is 0 Å². The van der Waals surface area contributed by atoms with Crippen molar-refractivity contribution in [3.05, 3.63) is 64.2 Å². The monoisotopic (exact) mass is 301 g/mol. The summed E-state index contributed by atoms with van der Waals surface area (Å²) in [5, 5.41) is 4.43. The van der Waals surface area contributed by atoms with E-state index >= 15 is 0 Å². The van der Waals surface area contributed by atoms with E-state index < -0.39 is 0 Å². The first-order chi connectivity index (χ1) is 10.1. The molecule has 0 saturated heterocycles. The van der Waals surface area contributed by atoms with Crippen LogP contribution in [0.15, 0.2) is 42.5 Å². The highest BCUT2D eigenvalue weighted by molar-refractivity contribution is 6.31. The van der Waals surface area contributed by atoms with Gasteiger partial charge in [-0.1, -0.05) is 41.9 Å². The lowest BCUT2D eigenvalue weighted by Crippen LogP contribution is -2.22. The van der Waals surface area contributed by atoms with Crippen molar-refractivity contribution in [3.8, 4) is 5.75 Å². The number of benzene rings is 2. The molecule has 1 heterocycles. The van der Waals surface area contributed by atoms with Crippen molar-refractivity contribution in [2.75, 3.05) is 6.61 Å². The SMILES string of the molecule is CC(N[C@H](C)c1ccccc1Cl)c1ccc2c(c1)CCO2. The summed E-state index contributed by atoms with van der Waals surface area (Å²) < 4.78 is 5.56. The van der Waals surface area contributed by atoms with Crippen LogP contribution in [0.2, 0.25) is 5.02 Å². The standard InChI is InChI=1S/C18H20ClNO/c1-12(14-7-8-18-15(11-14)9-10-21-18)20-13(2)16-5-3-4-6-17(16)19/h3-8,11-13,20H,9-10H2,1-2H3/t12?,13-/m1/s1. The molecule has 21 heavy (non-hydrogen) atoms. The molecule has 0 radical (unpaired) electrons. The van der Waals surface area contributed by atoms with E-state index in [9.17, 15) is 0 Å². The minimum atomic E-state index is 0.207. The summed E-state index contributed by atoms with van der Waals surface area (Å²) in [6, 6.07) is 14.9. The topological polar surface area (TPSA) is 21.3 Å². The summed E-state index contributed by atoms with van der Waals surface area (Å²) in [4.78, 5) is 0. The van der Waals surface area contributed by atoms with E-state index in [1.165, 1.54) is 11.1 Å². The van der Waals surface area contributed by atoms with Crippen LogP contribution < -0.4 is 10.1 Å². The van der Waals surface area contributed by atoms with E-state index in [0.717, 1.165) is 29.4 Å². The minimum absolute atomic E-state index is 0.207. The van der Waals surface area contributed by atoms with Gasteiger partial charge in [0, 0.05) is 23.5 Å². The Hall–Kier alpha value is -1.51. The van der Waals surface area contributed by atoms with Gasteiger partial charge < -0.3 is 10.1 Å². The molecule has 1 N–H and O–H groups in total. The second kappa shape index (κ2) is 6.08. The number of nitrogens with one attached hydrogen (secondary N) is 1. The first-order valence-corrected chi connectivity index (χ1v) is 7.79. The average molecular weight is 302 g/mol. The van der Waals surface area contributed by atoms with Crippen LogP contribution in [-0.4, -0.2) is 6.61 Å². The number of hydrogen-bond donors (Lipinski definition) is 1. The molecular formula is C18H20ClNO. The molecule has 3 heteroatoms. The highest BCUT2D eigenvalue weighted by atomic mass is 35.5. The predicted octanol–water partition coefficient (Wildman–Crippen LogP) is 4.69. The molecule has 1 aliphatic heterocycles. The maximum Gasteiger partial charge on any atom is 0.122 e. The van der Waals surface area contributed by atoms with Gasteiger partial charge in [-0.3, -0.25) is 0 Å². The van der Waals surface area contributed by atoms with Crippen molar-refractivity contribution in [2.24, 2.45) is 0 Å². The van der Waals surface area contributed by atoms with Crippen molar-refractivity contribution < 1.29 is 4.74 Å². The van der Waals surface area contributed by atoms with Gasteiger partial charge in [0.2, 0.25) is 0 Å². The van der Waals surface area contributed by atoms with Crippen LogP contribution in [-0.2, 0) is 6.42 Å². The zero-order valence-corrected chi connectivity index (χ0v) is 13.2. The van der Waals surface area contributed by atoms with Gasteiger partial charge in [0.15, 0.2) is 0 Å². The molecule has 2 aromatic carbocycles. The Bertz CT molecular complexity index is 641. The van der Waals surface area contributed by atoms with Crippen LogP contribution >= 0.6 is 11.6 Å². The predicted molar refractivity (Wildman–Crippen MR) is 87.1 cm³/mol. The molecule has 1 aliphatic rings. The molecule has 0 spiro atoms. The van der Waals surface area contributed by atoms with E-state index in [4.69, 9.17) is 16.3 Å². The molecule has 2 nitrogen and oxygen atoms in total. The van der Waals surface area contributed by atoms with Crippen molar-refractivity contribution >= 4 is 11.6 Å².